The lowest BCUT2D eigenvalue weighted by molar-refractivity contribution is 0.0363. The molecule has 1 aromatic rings. The lowest BCUT2D eigenvalue weighted by atomic mass is 10.4. The van der Waals surface area contributed by atoms with Crippen molar-refractivity contribution < 1.29 is 4.74 Å². The Labute approximate surface area is 82.3 Å². The highest BCUT2D eigenvalue weighted by molar-refractivity contribution is 4.76. The monoisotopic (exact) mass is 197 g/mol. The molecule has 1 N–H and O–H groups in total. The summed E-state index contributed by atoms with van der Waals surface area (Å²) in [5.41, 5.74) is -0.0294. The van der Waals surface area contributed by atoms with Crippen LogP contribution in [-0.4, -0.2) is 47.3 Å². The fourth-order valence-electron chi connectivity index (χ4n) is 1.60. The molecule has 0 atom stereocenters. The van der Waals surface area contributed by atoms with Gasteiger partial charge in [0.25, 0.3) is 0 Å². The Hall–Kier alpha value is -1.07. The predicted octanol–water partition coefficient (Wildman–Crippen LogP) is -0.491. The molecule has 0 amide bonds. The molecule has 0 aromatic carbocycles. The lowest BCUT2D eigenvalue weighted by Crippen LogP contribution is -2.39. The number of aromatic amines is 1. The van der Waals surface area contributed by atoms with Gasteiger partial charge in [0.05, 0.1) is 13.2 Å². The van der Waals surface area contributed by atoms with E-state index in [0.29, 0.717) is 0 Å². The number of rotatable bonds is 3. The third-order valence-electron chi connectivity index (χ3n) is 2.48. The highest BCUT2D eigenvalue weighted by Gasteiger charge is 2.09. The topological polar surface area (TPSA) is 50.3 Å². The van der Waals surface area contributed by atoms with Crippen molar-refractivity contribution in [1.29, 1.82) is 0 Å². The molecule has 0 radical (unpaired) electrons. The fourth-order valence-corrected chi connectivity index (χ4v) is 1.60. The van der Waals surface area contributed by atoms with Crippen LogP contribution >= 0.6 is 0 Å². The SMILES string of the molecule is O=c1[nH]ccn1CCN1CCOCC1. The fraction of sp³-hybridized carbons (Fsp3) is 0.667. The first-order valence-corrected chi connectivity index (χ1v) is 4.90. The number of hydrogen-bond donors (Lipinski definition) is 1. The van der Waals surface area contributed by atoms with Crippen molar-refractivity contribution in [3.63, 3.8) is 0 Å². The van der Waals surface area contributed by atoms with Crippen LogP contribution in [0.2, 0.25) is 0 Å². The number of hydrogen-bond acceptors (Lipinski definition) is 3. The van der Waals surface area contributed by atoms with Crippen LogP contribution in [0.5, 0.6) is 0 Å². The zero-order chi connectivity index (χ0) is 9.80. The van der Waals surface area contributed by atoms with Crippen molar-refractivity contribution in [2.24, 2.45) is 0 Å². The molecule has 14 heavy (non-hydrogen) atoms. The van der Waals surface area contributed by atoms with Crippen LogP contribution in [0, 0.1) is 0 Å². The minimum absolute atomic E-state index is 0.0294. The molecule has 5 nitrogen and oxygen atoms in total. The summed E-state index contributed by atoms with van der Waals surface area (Å²) in [6, 6.07) is 0. The maximum absolute atomic E-state index is 11.2. The van der Waals surface area contributed by atoms with Gasteiger partial charge in [0, 0.05) is 38.6 Å². The summed E-state index contributed by atoms with van der Waals surface area (Å²) in [5, 5.41) is 0. The molecule has 1 fully saturated rings. The lowest BCUT2D eigenvalue weighted by Gasteiger charge is -2.26. The van der Waals surface area contributed by atoms with E-state index in [1.807, 2.05) is 0 Å². The molecule has 0 saturated carbocycles. The molecule has 1 aliphatic rings. The molecular formula is C9H15N3O2. The van der Waals surface area contributed by atoms with Gasteiger partial charge in [-0.1, -0.05) is 0 Å². The first kappa shape index (κ1) is 9.48. The van der Waals surface area contributed by atoms with Gasteiger partial charge in [-0.3, -0.25) is 9.47 Å². The van der Waals surface area contributed by atoms with Crippen molar-refractivity contribution in [2.75, 3.05) is 32.8 Å². The van der Waals surface area contributed by atoms with Gasteiger partial charge in [-0.15, -0.1) is 0 Å². The Kier molecular flexibility index (Phi) is 3.00. The highest BCUT2D eigenvalue weighted by Crippen LogP contribution is 1.96. The van der Waals surface area contributed by atoms with E-state index in [4.69, 9.17) is 4.74 Å². The molecule has 5 heteroatoms. The molecule has 0 bridgehead atoms. The first-order valence-electron chi connectivity index (χ1n) is 4.90. The van der Waals surface area contributed by atoms with Crippen molar-refractivity contribution in [2.45, 2.75) is 6.54 Å². The second kappa shape index (κ2) is 4.43. The van der Waals surface area contributed by atoms with E-state index >= 15 is 0 Å². The van der Waals surface area contributed by atoms with E-state index in [2.05, 4.69) is 9.88 Å². The number of nitrogens with one attached hydrogen (secondary N) is 1. The Morgan fingerprint density at radius 2 is 2.14 bits per heavy atom. The summed E-state index contributed by atoms with van der Waals surface area (Å²) in [4.78, 5) is 16.1. The second-order valence-corrected chi connectivity index (χ2v) is 3.41. The number of H-pyrrole nitrogens is 1. The van der Waals surface area contributed by atoms with Crippen molar-refractivity contribution in [3.8, 4) is 0 Å². The van der Waals surface area contributed by atoms with Crippen LogP contribution in [0.25, 0.3) is 0 Å². The van der Waals surface area contributed by atoms with Gasteiger partial charge in [-0.2, -0.15) is 0 Å². The van der Waals surface area contributed by atoms with Gasteiger partial charge in [-0.25, -0.2) is 4.79 Å². The quantitative estimate of drug-likeness (QED) is 0.711. The summed E-state index contributed by atoms with van der Waals surface area (Å²) in [5.74, 6) is 0. The van der Waals surface area contributed by atoms with E-state index in [9.17, 15) is 4.79 Å². The molecule has 78 valence electrons. The molecular weight excluding hydrogens is 182 g/mol. The van der Waals surface area contributed by atoms with E-state index in [1.54, 1.807) is 17.0 Å². The standard InChI is InChI=1S/C9H15N3O2/c13-9-10-1-2-12(9)4-3-11-5-7-14-8-6-11/h1-2H,3-8H2,(H,10,13). The number of ether oxygens (including phenoxy) is 1. The van der Waals surface area contributed by atoms with Crippen molar-refractivity contribution >= 4 is 0 Å². The minimum atomic E-state index is -0.0294. The summed E-state index contributed by atoms with van der Waals surface area (Å²) >= 11 is 0. The van der Waals surface area contributed by atoms with E-state index in [0.717, 1.165) is 39.4 Å². The smallest absolute Gasteiger partial charge is 0.325 e. The third kappa shape index (κ3) is 2.24. The number of aromatic nitrogens is 2. The maximum atomic E-state index is 11.2. The maximum Gasteiger partial charge on any atom is 0.325 e. The average molecular weight is 197 g/mol. The van der Waals surface area contributed by atoms with Crippen LogP contribution in [0.15, 0.2) is 17.2 Å². The van der Waals surface area contributed by atoms with Gasteiger partial charge in [0.1, 0.15) is 0 Å². The zero-order valence-corrected chi connectivity index (χ0v) is 8.11. The van der Waals surface area contributed by atoms with Gasteiger partial charge >= 0.3 is 5.69 Å². The number of nitrogens with zero attached hydrogens (tertiary/aromatic N) is 2. The average Bonchev–Trinajstić information content (AvgIpc) is 2.63. The van der Waals surface area contributed by atoms with E-state index in [1.165, 1.54) is 0 Å². The largest absolute Gasteiger partial charge is 0.379 e. The van der Waals surface area contributed by atoms with Gasteiger partial charge < -0.3 is 9.72 Å². The van der Waals surface area contributed by atoms with Crippen LogP contribution in [-0.2, 0) is 11.3 Å². The van der Waals surface area contributed by atoms with E-state index < -0.39 is 0 Å². The highest BCUT2D eigenvalue weighted by atomic mass is 16.5. The Bertz CT molecular complexity index is 325. The third-order valence-corrected chi connectivity index (χ3v) is 2.48. The van der Waals surface area contributed by atoms with Gasteiger partial charge in [0.2, 0.25) is 0 Å². The predicted molar refractivity (Wildman–Crippen MR) is 52.3 cm³/mol. The van der Waals surface area contributed by atoms with Gasteiger partial charge in [0.15, 0.2) is 0 Å². The van der Waals surface area contributed by atoms with Crippen LogP contribution in [0.4, 0.5) is 0 Å². The zero-order valence-electron chi connectivity index (χ0n) is 8.11. The number of morpholine rings is 1. The molecule has 0 unspecified atom stereocenters. The van der Waals surface area contributed by atoms with Crippen molar-refractivity contribution in [3.05, 3.63) is 22.9 Å². The van der Waals surface area contributed by atoms with Gasteiger partial charge in [-0.05, 0) is 0 Å². The van der Waals surface area contributed by atoms with E-state index in [-0.39, 0.29) is 5.69 Å². The molecule has 1 aliphatic heterocycles. The molecule has 0 aliphatic carbocycles. The molecule has 2 heterocycles. The molecule has 0 spiro atoms. The Morgan fingerprint density at radius 3 is 2.79 bits per heavy atom. The Morgan fingerprint density at radius 1 is 1.36 bits per heavy atom. The van der Waals surface area contributed by atoms with Crippen LogP contribution in [0.3, 0.4) is 0 Å². The van der Waals surface area contributed by atoms with Crippen LogP contribution in [0.1, 0.15) is 0 Å². The molecule has 2 rings (SSSR count). The summed E-state index contributed by atoms with van der Waals surface area (Å²) in [7, 11) is 0. The van der Waals surface area contributed by atoms with Crippen molar-refractivity contribution in [1.82, 2.24) is 14.5 Å². The Balaban J connectivity index is 1.82. The number of imidazole rings is 1. The molecule has 1 saturated heterocycles. The summed E-state index contributed by atoms with van der Waals surface area (Å²) < 4.78 is 6.93. The normalized spacial score (nSPS) is 18.6. The summed E-state index contributed by atoms with van der Waals surface area (Å²) in [6.45, 7) is 5.23. The summed E-state index contributed by atoms with van der Waals surface area (Å²) in [6.07, 6.45) is 3.45. The minimum Gasteiger partial charge on any atom is -0.379 e. The first-order chi connectivity index (χ1) is 6.86. The molecule has 1 aromatic heterocycles. The second-order valence-electron chi connectivity index (χ2n) is 3.41. The van der Waals surface area contributed by atoms with Crippen LogP contribution < -0.4 is 5.69 Å².